The Morgan fingerprint density at radius 1 is 1.25 bits per heavy atom. The molecule has 0 N–H and O–H groups in total. The van der Waals surface area contributed by atoms with E-state index in [0.717, 1.165) is 0 Å². The van der Waals surface area contributed by atoms with Crippen LogP contribution in [0.2, 0.25) is 0 Å². The SMILES string of the molecule is CCOC(=O)C(C(=O)OCC)n1cccn1. The molecule has 0 amide bonds. The van der Waals surface area contributed by atoms with Gasteiger partial charge in [0.05, 0.1) is 13.2 Å². The molecule has 0 saturated carbocycles. The van der Waals surface area contributed by atoms with E-state index in [4.69, 9.17) is 9.47 Å². The fraction of sp³-hybridized carbons (Fsp3) is 0.500. The van der Waals surface area contributed by atoms with Gasteiger partial charge in [0.1, 0.15) is 0 Å². The lowest BCUT2D eigenvalue weighted by atomic mass is 10.3. The first-order valence-corrected chi connectivity index (χ1v) is 5.03. The Hall–Kier alpha value is -1.85. The van der Waals surface area contributed by atoms with Crippen LogP contribution >= 0.6 is 0 Å². The molecule has 0 radical (unpaired) electrons. The number of rotatable bonds is 5. The summed E-state index contributed by atoms with van der Waals surface area (Å²) in [4.78, 5) is 23.1. The normalized spacial score (nSPS) is 10.2. The molecular formula is C10H14N2O4. The first kappa shape index (κ1) is 12.2. The van der Waals surface area contributed by atoms with Crippen LogP contribution in [0.4, 0.5) is 0 Å². The average molecular weight is 226 g/mol. The van der Waals surface area contributed by atoms with E-state index in [1.54, 1.807) is 19.9 Å². The Kier molecular flexibility index (Phi) is 4.50. The molecule has 0 aromatic carbocycles. The molecule has 6 nitrogen and oxygen atoms in total. The second-order valence-corrected chi connectivity index (χ2v) is 2.89. The quantitative estimate of drug-likeness (QED) is 0.541. The largest absolute Gasteiger partial charge is 0.464 e. The van der Waals surface area contributed by atoms with E-state index in [0.29, 0.717) is 0 Å². The van der Waals surface area contributed by atoms with E-state index in [1.165, 1.54) is 17.1 Å². The second-order valence-electron chi connectivity index (χ2n) is 2.89. The number of ether oxygens (including phenoxy) is 2. The number of aromatic nitrogens is 2. The highest BCUT2D eigenvalue weighted by Gasteiger charge is 2.31. The zero-order chi connectivity index (χ0) is 12.0. The summed E-state index contributed by atoms with van der Waals surface area (Å²) in [5.74, 6) is -1.32. The van der Waals surface area contributed by atoms with E-state index >= 15 is 0 Å². The topological polar surface area (TPSA) is 70.4 Å². The molecule has 0 spiro atoms. The van der Waals surface area contributed by atoms with Gasteiger partial charge in [-0.1, -0.05) is 0 Å². The minimum absolute atomic E-state index is 0.204. The van der Waals surface area contributed by atoms with E-state index < -0.39 is 18.0 Å². The van der Waals surface area contributed by atoms with Crippen LogP contribution < -0.4 is 0 Å². The van der Waals surface area contributed by atoms with Crippen molar-refractivity contribution in [2.75, 3.05) is 13.2 Å². The Morgan fingerprint density at radius 3 is 2.19 bits per heavy atom. The van der Waals surface area contributed by atoms with Gasteiger partial charge in [-0.15, -0.1) is 0 Å². The molecule has 0 atom stereocenters. The number of carbonyl (C=O) groups excluding carboxylic acids is 2. The Balaban J connectivity index is 2.85. The Morgan fingerprint density at radius 2 is 1.81 bits per heavy atom. The first-order chi connectivity index (χ1) is 7.70. The summed E-state index contributed by atoms with van der Waals surface area (Å²) in [6, 6.07) is 0.459. The van der Waals surface area contributed by atoms with Crippen molar-refractivity contribution in [1.29, 1.82) is 0 Å². The monoisotopic (exact) mass is 226 g/mol. The predicted octanol–water partition coefficient (Wildman–Crippen LogP) is 0.550. The van der Waals surface area contributed by atoms with E-state index in [9.17, 15) is 9.59 Å². The van der Waals surface area contributed by atoms with Crippen LogP contribution in [0.1, 0.15) is 19.9 Å². The molecule has 1 rings (SSSR count). The molecule has 0 aliphatic heterocycles. The third kappa shape index (κ3) is 2.82. The van der Waals surface area contributed by atoms with E-state index in [-0.39, 0.29) is 13.2 Å². The van der Waals surface area contributed by atoms with Gasteiger partial charge in [0.15, 0.2) is 0 Å². The van der Waals surface area contributed by atoms with Crippen LogP contribution in [0.5, 0.6) is 0 Å². The minimum Gasteiger partial charge on any atom is -0.464 e. The molecule has 0 unspecified atom stereocenters. The smallest absolute Gasteiger partial charge is 0.342 e. The highest BCUT2D eigenvalue weighted by atomic mass is 16.6. The summed E-state index contributed by atoms with van der Waals surface area (Å²) in [5.41, 5.74) is 0. The van der Waals surface area contributed by atoms with Gasteiger partial charge in [-0.25, -0.2) is 14.3 Å². The molecule has 1 heterocycles. The maximum Gasteiger partial charge on any atom is 0.342 e. The molecule has 0 saturated heterocycles. The third-order valence-electron chi connectivity index (χ3n) is 1.81. The average Bonchev–Trinajstić information content (AvgIpc) is 2.72. The maximum absolute atomic E-state index is 11.6. The summed E-state index contributed by atoms with van der Waals surface area (Å²) in [7, 11) is 0. The molecule has 0 aliphatic rings. The van der Waals surface area contributed by atoms with Crippen LogP contribution in [0.25, 0.3) is 0 Å². The lowest BCUT2D eigenvalue weighted by Crippen LogP contribution is -2.31. The summed E-state index contributed by atoms with van der Waals surface area (Å²) in [6.45, 7) is 3.75. The molecular weight excluding hydrogens is 212 g/mol. The number of nitrogens with zero attached hydrogens (tertiary/aromatic N) is 2. The Labute approximate surface area is 93.1 Å². The van der Waals surface area contributed by atoms with E-state index in [1.807, 2.05) is 0 Å². The predicted molar refractivity (Wildman–Crippen MR) is 54.5 cm³/mol. The molecule has 0 bridgehead atoms. The molecule has 6 heteroatoms. The van der Waals surface area contributed by atoms with Crippen molar-refractivity contribution in [2.45, 2.75) is 19.9 Å². The van der Waals surface area contributed by atoms with Crippen molar-refractivity contribution < 1.29 is 19.1 Å². The molecule has 0 fully saturated rings. The van der Waals surface area contributed by atoms with Gasteiger partial charge in [-0.3, -0.25) is 0 Å². The minimum atomic E-state index is -1.16. The van der Waals surface area contributed by atoms with Crippen molar-refractivity contribution in [1.82, 2.24) is 9.78 Å². The summed E-state index contributed by atoms with van der Waals surface area (Å²) >= 11 is 0. The fourth-order valence-electron chi connectivity index (χ4n) is 1.19. The highest BCUT2D eigenvalue weighted by molar-refractivity contribution is 5.97. The third-order valence-corrected chi connectivity index (χ3v) is 1.81. The van der Waals surface area contributed by atoms with Gasteiger partial charge in [-0.05, 0) is 19.9 Å². The van der Waals surface area contributed by atoms with Gasteiger partial charge in [0, 0.05) is 12.4 Å². The molecule has 0 aliphatic carbocycles. The molecule has 1 aromatic heterocycles. The van der Waals surface area contributed by atoms with E-state index in [2.05, 4.69) is 5.10 Å². The van der Waals surface area contributed by atoms with Crippen molar-refractivity contribution >= 4 is 11.9 Å². The van der Waals surface area contributed by atoms with Crippen LogP contribution in [0.15, 0.2) is 18.5 Å². The van der Waals surface area contributed by atoms with Crippen LogP contribution in [0, 0.1) is 0 Å². The van der Waals surface area contributed by atoms with Gasteiger partial charge in [-0.2, -0.15) is 5.10 Å². The lowest BCUT2D eigenvalue weighted by Gasteiger charge is -2.14. The number of carbonyl (C=O) groups is 2. The molecule has 88 valence electrons. The lowest BCUT2D eigenvalue weighted by molar-refractivity contribution is -0.160. The van der Waals surface area contributed by atoms with Crippen molar-refractivity contribution in [2.24, 2.45) is 0 Å². The van der Waals surface area contributed by atoms with Gasteiger partial charge in [0.25, 0.3) is 0 Å². The summed E-state index contributed by atoms with van der Waals surface area (Å²) in [5, 5.41) is 3.84. The number of hydrogen-bond acceptors (Lipinski definition) is 5. The summed E-state index contributed by atoms with van der Waals surface area (Å²) < 4.78 is 10.8. The Bertz CT molecular complexity index is 330. The first-order valence-electron chi connectivity index (χ1n) is 5.03. The second kappa shape index (κ2) is 5.89. The zero-order valence-electron chi connectivity index (χ0n) is 9.25. The number of esters is 2. The van der Waals surface area contributed by atoms with Gasteiger partial charge in [0.2, 0.25) is 6.04 Å². The molecule has 16 heavy (non-hydrogen) atoms. The summed E-state index contributed by atoms with van der Waals surface area (Å²) in [6.07, 6.45) is 2.99. The standard InChI is InChI=1S/C10H14N2O4/c1-3-15-9(13)8(10(14)16-4-2)12-7-5-6-11-12/h5-8H,3-4H2,1-2H3. The molecule has 1 aromatic rings. The maximum atomic E-state index is 11.6. The van der Waals surface area contributed by atoms with Crippen LogP contribution in [-0.4, -0.2) is 34.9 Å². The zero-order valence-corrected chi connectivity index (χ0v) is 9.25. The fourth-order valence-corrected chi connectivity index (χ4v) is 1.19. The van der Waals surface area contributed by atoms with Gasteiger partial charge >= 0.3 is 11.9 Å². The van der Waals surface area contributed by atoms with Crippen LogP contribution in [-0.2, 0) is 19.1 Å². The highest BCUT2D eigenvalue weighted by Crippen LogP contribution is 2.10. The van der Waals surface area contributed by atoms with Crippen molar-refractivity contribution in [3.05, 3.63) is 18.5 Å². The van der Waals surface area contributed by atoms with Crippen molar-refractivity contribution in [3.63, 3.8) is 0 Å². The van der Waals surface area contributed by atoms with Crippen LogP contribution in [0.3, 0.4) is 0 Å². The van der Waals surface area contributed by atoms with Crippen molar-refractivity contribution in [3.8, 4) is 0 Å². The van der Waals surface area contributed by atoms with Gasteiger partial charge < -0.3 is 9.47 Å². The number of hydrogen-bond donors (Lipinski definition) is 0.